The molecule has 5 heterocycles. The Balaban J connectivity index is 0.775. The van der Waals surface area contributed by atoms with Crippen LogP contribution in [0, 0.1) is 5.92 Å². The van der Waals surface area contributed by atoms with E-state index in [0.717, 1.165) is 122 Å². The fraction of sp³-hybridized carbons (Fsp3) is 0.408. The number of amides is 4. The molecule has 4 aliphatic heterocycles. The van der Waals surface area contributed by atoms with Crippen LogP contribution >= 0.6 is 0 Å². The summed E-state index contributed by atoms with van der Waals surface area (Å²) in [4.78, 5) is 59.5. The lowest BCUT2D eigenvalue weighted by Gasteiger charge is -2.40. The molecule has 0 radical (unpaired) electrons. The van der Waals surface area contributed by atoms with Crippen molar-refractivity contribution in [1.29, 1.82) is 0 Å². The Hall–Kier alpha value is -6.61. The van der Waals surface area contributed by atoms with Crippen LogP contribution in [-0.2, 0) is 16.6 Å². The molecule has 9 rings (SSSR count). The lowest BCUT2D eigenvalue weighted by Crippen LogP contribution is -2.49. The molecule has 3 aromatic carbocycles. The number of aryl methyl sites for hydroxylation is 1. The predicted octanol–water partition coefficient (Wildman–Crippen LogP) is 6.35. The second-order valence-electron chi connectivity index (χ2n) is 18.4. The Bertz CT molecular complexity index is 2520. The lowest BCUT2D eigenvalue weighted by atomic mass is 9.95. The highest BCUT2D eigenvalue weighted by atomic mass is 16.5. The van der Waals surface area contributed by atoms with Gasteiger partial charge in [-0.15, -0.1) is 0 Å². The quantitative estimate of drug-likeness (QED) is 0.153. The Morgan fingerprint density at radius 2 is 1.55 bits per heavy atom. The lowest BCUT2D eigenvalue weighted by molar-refractivity contribution is -0.120. The van der Waals surface area contributed by atoms with Gasteiger partial charge in [-0.1, -0.05) is 50.2 Å². The average molecular weight is 864 g/mol. The van der Waals surface area contributed by atoms with Crippen molar-refractivity contribution in [1.82, 2.24) is 31.0 Å². The van der Waals surface area contributed by atoms with Crippen LogP contribution in [0.15, 0.2) is 92.9 Å². The van der Waals surface area contributed by atoms with Gasteiger partial charge in [0.2, 0.25) is 11.8 Å². The van der Waals surface area contributed by atoms with Crippen LogP contribution in [0.4, 0.5) is 21.9 Å². The molecule has 4 aromatic rings. The van der Waals surface area contributed by atoms with Gasteiger partial charge < -0.3 is 25.0 Å². The summed E-state index contributed by atoms with van der Waals surface area (Å²) >= 11 is 0. The number of hydrogen-bond acceptors (Lipinski definition) is 11. The third-order valence-electron chi connectivity index (χ3n) is 13.1. The molecule has 0 spiro atoms. The number of amidine groups is 1. The van der Waals surface area contributed by atoms with Crippen molar-refractivity contribution < 1.29 is 18.9 Å². The van der Waals surface area contributed by atoms with E-state index in [-0.39, 0.29) is 35.1 Å². The third-order valence-corrected chi connectivity index (χ3v) is 13.1. The van der Waals surface area contributed by atoms with Gasteiger partial charge in [-0.05, 0) is 104 Å². The Morgan fingerprint density at radius 1 is 0.859 bits per heavy atom. The molecule has 5 aliphatic rings. The molecule has 332 valence electrons. The standard InChI is InChI=1S/C49H57N11O4/c1-49(2,3)47-55-45(56-64-47)46(62)53-40-17-9-33-28-34(8-16-38(33)40)43(50-4)39-29-41(52-44(39)51-5)32-6-10-35(11-7-32)59-26-24-57(25-27-59)30-31-18-21-58(22-19-31)36-12-14-37(15-13-36)60-23-20-42(61)54-48(60)63/h6-8,10-16,28-29,31,40H,4,9,17-27,30H2,1-3,5H3,(H,51,52)(H,53,62)(H,54,61,63)/b43-39-/t40-/m1/s1. The van der Waals surface area contributed by atoms with Gasteiger partial charge in [0.25, 0.3) is 11.7 Å². The number of piperazine rings is 1. The molecule has 4 amide bonds. The molecule has 15 heteroatoms. The molecule has 15 nitrogen and oxygen atoms in total. The second-order valence-corrected chi connectivity index (χ2v) is 18.4. The first-order chi connectivity index (χ1) is 30.9. The summed E-state index contributed by atoms with van der Waals surface area (Å²) in [7, 11) is 1.78. The number of piperidine rings is 1. The van der Waals surface area contributed by atoms with Crippen LogP contribution in [0.5, 0.6) is 0 Å². The molecular formula is C49H57N11O4. The Morgan fingerprint density at radius 3 is 2.20 bits per heavy atom. The number of hydrogen-bond donors (Lipinski definition) is 3. The maximum absolute atomic E-state index is 13.0. The van der Waals surface area contributed by atoms with Gasteiger partial charge >= 0.3 is 6.03 Å². The number of carbonyl (C=O) groups excluding carboxylic acids is 3. The first kappa shape index (κ1) is 42.7. The molecule has 1 aromatic heterocycles. The minimum absolute atomic E-state index is 0.0452. The number of aromatic nitrogens is 2. The van der Waals surface area contributed by atoms with Crippen molar-refractivity contribution in [2.24, 2.45) is 15.9 Å². The van der Waals surface area contributed by atoms with E-state index in [1.165, 1.54) is 11.4 Å². The number of carbonyl (C=O) groups is 3. The van der Waals surface area contributed by atoms with E-state index in [1.807, 2.05) is 39.0 Å². The van der Waals surface area contributed by atoms with Crippen molar-refractivity contribution in [2.75, 3.05) is 74.1 Å². The van der Waals surface area contributed by atoms with Gasteiger partial charge in [0.15, 0.2) is 0 Å². The summed E-state index contributed by atoms with van der Waals surface area (Å²) in [5.41, 5.74) is 9.71. The third kappa shape index (κ3) is 8.94. The van der Waals surface area contributed by atoms with Crippen LogP contribution in [0.1, 0.15) is 91.3 Å². The number of benzene rings is 3. The highest BCUT2D eigenvalue weighted by Gasteiger charge is 2.31. The van der Waals surface area contributed by atoms with Gasteiger partial charge in [-0.3, -0.25) is 34.7 Å². The van der Waals surface area contributed by atoms with E-state index < -0.39 is 0 Å². The van der Waals surface area contributed by atoms with Gasteiger partial charge in [0, 0.05) is 105 Å². The minimum Gasteiger partial charge on any atom is -0.372 e. The number of fused-ring (bicyclic) bond motifs is 1. The summed E-state index contributed by atoms with van der Waals surface area (Å²) in [6, 6.07) is 22.7. The van der Waals surface area contributed by atoms with Gasteiger partial charge in [0.05, 0.1) is 11.7 Å². The molecule has 0 bridgehead atoms. The zero-order chi connectivity index (χ0) is 44.5. The summed E-state index contributed by atoms with van der Waals surface area (Å²) in [6.45, 7) is 17.5. The van der Waals surface area contributed by atoms with Crippen LogP contribution in [0.2, 0.25) is 0 Å². The summed E-state index contributed by atoms with van der Waals surface area (Å²) < 4.78 is 5.34. The largest absolute Gasteiger partial charge is 0.372 e. The zero-order valence-electron chi connectivity index (χ0n) is 37.2. The zero-order valence-corrected chi connectivity index (χ0v) is 37.2. The van der Waals surface area contributed by atoms with Gasteiger partial charge in [0.1, 0.15) is 5.84 Å². The van der Waals surface area contributed by atoms with Crippen LogP contribution in [-0.4, -0.2) is 105 Å². The van der Waals surface area contributed by atoms with Crippen LogP contribution in [0.25, 0.3) is 11.4 Å². The normalized spacial score (nSPS) is 21.1. The number of anilines is 3. The number of rotatable bonds is 10. The minimum atomic E-state index is -0.350. The monoisotopic (exact) mass is 863 g/mol. The number of urea groups is 1. The van der Waals surface area contributed by atoms with E-state index in [2.05, 4.69) is 112 Å². The molecule has 0 saturated carbocycles. The van der Waals surface area contributed by atoms with Crippen molar-refractivity contribution in [2.45, 2.75) is 64.3 Å². The van der Waals surface area contributed by atoms with Gasteiger partial charge in [-0.25, -0.2) is 4.79 Å². The molecule has 1 atom stereocenters. The number of aliphatic imine (C=N–C) groups is 2. The molecule has 1 aliphatic carbocycles. The highest BCUT2D eigenvalue weighted by Crippen LogP contribution is 2.36. The van der Waals surface area contributed by atoms with E-state index >= 15 is 0 Å². The van der Waals surface area contributed by atoms with Crippen molar-refractivity contribution in [3.8, 4) is 0 Å². The molecule has 0 unspecified atom stereocenters. The summed E-state index contributed by atoms with van der Waals surface area (Å²) in [6.07, 6.45) is 6.34. The smallest absolute Gasteiger partial charge is 0.328 e. The molecule has 3 N–H and O–H groups in total. The SMILES string of the molecule is C=N/C(=C1/C=C(c2ccc(N3CCN(CC4CCN(c5ccc(N6CCC(=O)NC6=O)cc5)CC4)CC3)cc2)NC1=NC)c1ccc2c(c1)CC[C@H]2NC(=O)c1noc(C(C)(C)C)n1. The topological polar surface area (TPSA) is 164 Å². The first-order valence-corrected chi connectivity index (χ1v) is 22.4. The number of imide groups is 1. The summed E-state index contributed by atoms with van der Waals surface area (Å²) in [5, 5.41) is 12.9. The van der Waals surface area contributed by atoms with Crippen molar-refractivity contribution >= 4 is 58.9 Å². The van der Waals surface area contributed by atoms with E-state index in [1.54, 1.807) is 11.9 Å². The van der Waals surface area contributed by atoms with E-state index in [0.29, 0.717) is 24.8 Å². The van der Waals surface area contributed by atoms with Crippen molar-refractivity contribution in [3.63, 3.8) is 0 Å². The molecule has 3 saturated heterocycles. The predicted molar refractivity (Wildman–Crippen MR) is 251 cm³/mol. The fourth-order valence-corrected chi connectivity index (χ4v) is 9.48. The average Bonchev–Trinajstić information content (AvgIpc) is 4.07. The summed E-state index contributed by atoms with van der Waals surface area (Å²) in [5.74, 6) is 1.32. The Kier molecular flexibility index (Phi) is 11.9. The van der Waals surface area contributed by atoms with Crippen LogP contribution < -0.4 is 30.7 Å². The van der Waals surface area contributed by atoms with E-state index in [4.69, 9.17) is 4.52 Å². The number of nitrogens with zero attached hydrogens (tertiary/aromatic N) is 8. The molecular weight excluding hydrogens is 807 g/mol. The molecule has 3 fully saturated rings. The number of nitrogens with one attached hydrogen (secondary N) is 3. The maximum atomic E-state index is 13.0. The first-order valence-electron chi connectivity index (χ1n) is 22.4. The van der Waals surface area contributed by atoms with Crippen molar-refractivity contribution in [3.05, 3.63) is 112 Å². The molecule has 64 heavy (non-hydrogen) atoms. The van der Waals surface area contributed by atoms with E-state index in [9.17, 15) is 14.4 Å². The maximum Gasteiger partial charge on any atom is 0.328 e. The second kappa shape index (κ2) is 17.9. The highest BCUT2D eigenvalue weighted by molar-refractivity contribution is 6.16. The van der Waals surface area contributed by atoms with Gasteiger partial charge in [-0.2, -0.15) is 4.98 Å². The van der Waals surface area contributed by atoms with Crippen LogP contribution in [0.3, 0.4) is 0 Å². The fourth-order valence-electron chi connectivity index (χ4n) is 9.48. The Labute approximate surface area is 374 Å².